The van der Waals surface area contributed by atoms with Crippen LogP contribution in [0.3, 0.4) is 0 Å². The molecular formula is C22H17N3O. The van der Waals surface area contributed by atoms with Crippen LogP contribution in [0.25, 0.3) is 27.3 Å². The predicted octanol–water partition coefficient (Wildman–Crippen LogP) is 4.92. The molecule has 2 heterocycles. The van der Waals surface area contributed by atoms with Gasteiger partial charge in [0.1, 0.15) is 6.61 Å². The monoisotopic (exact) mass is 339 g/mol. The van der Waals surface area contributed by atoms with E-state index in [0.717, 1.165) is 27.8 Å². The van der Waals surface area contributed by atoms with E-state index in [9.17, 15) is 0 Å². The van der Waals surface area contributed by atoms with E-state index in [4.69, 9.17) is 4.74 Å². The van der Waals surface area contributed by atoms with Gasteiger partial charge in [0.05, 0.1) is 16.6 Å². The lowest BCUT2D eigenvalue weighted by atomic mass is 10.1. The molecule has 0 atom stereocenters. The van der Waals surface area contributed by atoms with Crippen molar-refractivity contribution in [3.63, 3.8) is 0 Å². The van der Waals surface area contributed by atoms with Gasteiger partial charge in [0.2, 0.25) is 5.88 Å². The summed E-state index contributed by atoms with van der Waals surface area (Å²) >= 11 is 0. The Morgan fingerprint density at radius 2 is 1.69 bits per heavy atom. The summed E-state index contributed by atoms with van der Waals surface area (Å²) in [6.45, 7) is 2.45. The number of aryl methyl sites for hydroxylation is 1. The highest BCUT2D eigenvalue weighted by Crippen LogP contribution is 2.26. The van der Waals surface area contributed by atoms with Gasteiger partial charge >= 0.3 is 0 Å². The van der Waals surface area contributed by atoms with E-state index >= 15 is 0 Å². The quantitative estimate of drug-likeness (QED) is 0.468. The van der Waals surface area contributed by atoms with Crippen molar-refractivity contribution < 1.29 is 4.74 Å². The van der Waals surface area contributed by atoms with Crippen molar-refractivity contribution in [2.45, 2.75) is 13.5 Å². The number of fused-ring (bicyclic) bond motifs is 4. The number of hydrogen-bond acceptors (Lipinski definition) is 3. The van der Waals surface area contributed by atoms with Crippen molar-refractivity contribution in [3.05, 3.63) is 84.1 Å². The fraction of sp³-hybridized carbons (Fsp3) is 0.0909. The Balaban J connectivity index is 1.55. The number of aromatic nitrogens is 3. The van der Waals surface area contributed by atoms with Crippen molar-refractivity contribution in [1.29, 1.82) is 0 Å². The molecule has 0 radical (unpaired) electrons. The van der Waals surface area contributed by atoms with Gasteiger partial charge in [-0.25, -0.2) is 4.52 Å². The third-order valence-corrected chi connectivity index (χ3v) is 4.58. The molecule has 0 bridgehead atoms. The molecule has 0 spiro atoms. The van der Waals surface area contributed by atoms with Crippen LogP contribution in [0.5, 0.6) is 5.88 Å². The topological polar surface area (TPSA) is 39.4 Å². The second-order valence-corrected chi connectivity index (χ2v) is 6.46. The van der Waals surface area contributed by atoms with Crippen molar-refractivity contribution in [2.75, 3.05) is 0 Å². The Morgan fingerprint density at radius 1 is 0.885 bits per heavy atom. The zero-order valence-electron chi connectivity index (χ0n) is 14.4. The minimum Gasteiger partial charge on any atom is -0.472 e. The fourth-order valence-corrected chi connectivity index (χ4v) is 3.34. The summed E-state index contributed by atoms with van der Waals surface area (Å²) in [7, 11) is 0. The molecular weight excluding hydrogens is 322 g/mol. The minimum absolute atomic E-state index is 0.477. The molecule has 0 aliphatic rings. The van der Waals surface area contributed by atoms with Gasteiger partial charge in [-0.05, 0) is 41.5 Å². The van der Waals surface area contributed by atoms with Gasteiger partial charge in [-0.15, -0.1) is 0 Å². The average molecular weight is 339 g/mol. The summed E-state index contributed by atoms with van der Waals surface area (Å²) in [5, 5.41) is 7.94. The van der Waals surface area contributed by atoms with Crippen molar-refractivity contribution in [1.82, 2.24) is 14.6 Å². The molecule has 2 aromatic heterocycles. The molecule has 126 valence electrons. The van der Waals surface area contributed by atoms with Crippen LogP contribution in [0.4, 0.5) is 0 Å². The fourth-order valence-electron chi connectivity index (χ4n) is 3.34. The smallest absolute Gasteiger partial charge is 0.225 e. The average Bonchev–Trinajstić information content (AvgIpc) is 3.06. The number of ether oxygens (including phenoxy) is 1. The SMILES string of the molecule is Cc1cc2nc(OCc3ccc4ccccc4c3)c3ccccc3n2n1. The number of nitrogens with zero attached hydrogens (tertiary/aromatic N) is 3. The third-order valence-electron chi connectivity index (χ3n) is 4.58. The molecule has 5 aromatic rings. The molecule has 4 nitrogen and oxygen atoms in total. The van der Waals surface area contributed by atoms with E-state index in [1.165, 1.54) is 10.8 Å². The van der Waals surface area contributed by atoms with Crippen LogP contribution in [0.15, 0.2) is 72.8 Å². The Morgan fingerprint density at radius 3 is 2.62 bits per heavy atom. The van der Waals surface area contributed by atoms with Gasteiger partial charge in [0.25, 0.3) is 0 Å². The minimum atomic E-state index is 0.477. The molecule has 0 N–H and O–H groups in total. The zero-order valence-corrected chi connectivity index (χ0v) is 14.4. The first-order chi connectivity index (χ1) is 12.8. The highest BCUT2D eigenvalue weighted by molar-refractivity contribution is 5.86. The number of benzene rings is 3. The maximum absolute atomic E-state index is 6.12. The van der Waals surface area contributed by atoms with Crippen LogP contribution in [-0.2, 0) is 6.61 Å². The highest BCUT2D eigenvalue weighted by Gasteiger charge is 2.11. The summed E-state index contributed by atoms with van der Waals surface area (Å²) in [5.41, 5.74) is 3.86. The molecule has 0 amide bonds. The summed E-state index contributed by atoms with van der Waals surface area (Å²) in [6, 6.07) is 24.8. The van der Waals surface area contributed by atoms with Gasteiger partial charge < -0.3 is 4.74 Å². The van der Waals surface area contributed by atoms with Crippen LogP contribution in [-0.4, -0.2) is 14.6 Å². The van der Waals surface area contributed by atoms with E-state index < -0.39 is 0 Å². The molecule has 0 fully saturated rings. The van der Waals surface area contributed by atoms with E-state index in [0.29, 0.717) is 12.5 Å². The van der Waals surface area contributed by atoms with Gasteiger partial charge in [-0.1, -0.05) is 48.5 Å². The molecule has 5 rings (SSSR count). The first kappa shape index (κ1) is 14.9. The second-order valence-electron chi connectivity index (χ2n) is 6.46. The molecule has 3 aromatic carbocycles. The number of para-hydroxylation sites is 1. The number of rotatable bonds is 3. The normalized spacial score (nSPS) is 11.4. The summed E-state index contributed by atoms with van der Waals surface area (Å²) in [6.07, 6.45) is 0. The van der Waals surface area contributed by atoms with Crippen molar-refractivity contribution >= 4 is 27.3 Å². The molecule has 0 aliphatic carbocycles. The lowest BCUT2D eigenvalue weighted by Crippen LogP contribution is -2.01. The van der Waals surface area contributed by atoms with Gasteiger partial charge in [-0.2, -0.15) is 10.1 Å². The molecule has 4 heteroatoms. The van der Waals surface area contributed by atoms with Crippen molar-refractivity contribution in [2.24, 2.45) is 0 Å². The maximum Gasteiger partial charge on any atom is 0.225 e. The Labute approximate surface area is 150 Å². The Hall–Kier alpha value is -3.40. The first-order valence-corrected chi connectivity index (χ1v) is 8.63. The maximum atomic E-state index is 6.12. The summed E-state index contributed by atoms with van der Waals surface area (Å²) in [5.74, 6) is 0.640. The van der Waals surface area contributed by atoms with Crippen LogP contribution < -0.4 is 4.74 Å². The molecule has 0 saturated heterocycles. The van der Waals surface area contributed by atoms with E-state index in [1.807, 2.05) is 41.8 Å². The lowest BCUT2D eigenvalue weighted by Gasteiger charge is -2.10. The molecule has 0 unspecified atom stereocenters. The Bertz CT molecular complexity index is 1260. The van der Waals surface area contributed by atoms with Gasteiger partial charge in [0, 0.05) is 6.07 Å². The molecule has 26 heavy (non-hydrogen) atoms. The highest BCUT2D eigenvalue weighted by atomic mass is 16.5. The first-order valence-electron chi connectivity index (χ1n) is 8.63. The third kappa shape index (κ3) is 2.47. The lowest BCUT2D eigenvalue weighted by molar-refractivity contribution is 0.298. The van der Waals surface area contributed by atoms with Crippen LogP contribution in [0.2, 0.25) is 0 Å². The second kappa shape index (κ2) is 5.85. The zero-order chi connectivity index (χ0) is 17.5. The summed E-state index contributed by atoms with van der Waals surface area (Å²) in [4.78, 5) is 4.68. The van der Waals surface area contributed by atoms with E-state index in [1.54, 1.807) is 0 Å². The van der Waals surface area contributed by atoms with Crippen LogP contribution in [0, 0.1) is 6.92 Å². The Kier molecular flexibility index (Phi) is 3.35. The van der Waals surface area contributed by atoms with Crippen molar-refractivity contribution in [3.8, 4) is 5.88 Å². The van der Waals surface area contributed by atoms with Crippen LogP contribution in [0.1, 0.15) is 11.3 Å². The van der Waals surface area contributed by atoms with E-state index in [2.05, 4.69) is 52.5 Å². The molecule has 0 aliphatic heterocycles. The summed E-state index contributed by atoms with van der Waals surface area (Å²) < 4.78 is 7.99. The molecule has 0 saturated carbocycles. The standard InChI is InChI=1S/C22H17N3O/c1-15-12-21-23-22(19-8-4-5-9-20(19)25(21)24-15)26-14-16-10-11-17-6-2-3-7-18(17)13-16/h2-13H,14H2,1H3. The predicted molar refractivity (Wildman–Crippen MR) is 104 cm³/mol. The largest absolute Gasteiger partial charge is 0.472 e. The van der Waals surface area contributed by atoms with E-state index in [-0.39, 0.29) is 0 Å². The van der Waals surface area contributed by atoms with Gasteiger partial charge in [-0.3, -0.25) is 0 Å². The van der Waals surface area contributed by atoms with Gasteiger partial charge in [0.15, 0.2) is 5.65 Å². The van der Waals surface area contributed by atoms with Crippen LogP contribution >= 0.6 is 0 Å². The number of hydrogen-bond donors (Lipinski definition) is 0.